The standard InChI is InChI=1S/C15H21FN2O2/c1-2-3-4-5-6-14-10-18(15(19)20-14)13-8-11(16)7-12(17)9-13/h7-9,14H,2-6,10,17H2,1H3. The number of halogens is 1. The van der Waals surface area contributed by atoms with Crippen LogP contribution in [0.5, 0.6) is 0 Å². The van der Waals surface area contributed by atoms with E-state index in [1.807, 2.05) is 0 Å². The SMILES string of the molecule is CCCCCCC1CN(c2cc(N)cc(F)c2)C(=O)O1. The Balaban J connectivity index is 1.95. The Morgan fingerprint density at radius 1 is 1.35 bits per heavy atom. The molecule has 1 saturated heterocycles. The molecule has 1 atom stereocenters. The maximum absolute atomic E-state index is 13.3. The maximum Gasteiger partial charge on any atom is 0.414 e. The van der Waals surface area contributed by atoms with Gasteiger partial charge >= 0.3 is 6.09 Å². The number of ether oxygens (including phenoxy) is 1. The summed E-state index contributed by atoms with van der Waals surface area (Å²) in [4.78, 5) is 13.3. The molecule has 1 unspecified atom stereocenters. The number of carbonyl (C=O) groups is 1. The number of nitrogens with zero attached hydrogens (tertiary/aromatic N) is 1. The molecular formula is C15H21FN2O2. The lowest BCUT2D eigenvalue weighted by molar-refractivity contribution is 0.135. The van der Waals surface area contributed by atoms with Gasteiger partial charge in [0.15, 0.2) is 0 Å². The van der Waals surface area contributed by atoms with E-state index in [1.165, 1.54) is 29.9 Å². The van der Waals surface area contributed by atoms with Crippen LogP contribution in [0.3, 0.4) is 0 Å². The Kier molecular flexibility index (Phi) is 4.82. The van der Waals surface area contributed by atoms with Gasteiger partial charge in [-0.25, -0.2) is 9.18 Å². The van der Waals surface area contributed by atoms with Crippen molar-refractivity contribution in [2.45, 2.75) is 45.1 Å². The van der Waals surface area contributed by atoms with Crippen molar-refractivity contribution in [1.29, 1.82) is 0 Å². The Bertz CT molecular complexity index is 459. The molecular weight excluding hydrogens is 259 g/mol. The van der Waals surface area contributed by atoms with E-state index in [9.17, 15) is 9.18 Å². The molecule has 4 nitrogen and oxygen atoms in total. The van der Waals surface area contributed by atoms with Gasteiger partial charge in [-0.3, -0.25) is 4.90 Å². The topological polar surface area (TPSA) is 55.6 Å². The lowest BCUT2D eigenvalue weighted by Crippen LogP contribution is -2.24. The third kappa shape index (κ3) is 3.62. The van der Waals surface area contributed by atoms with Crippen molar-refractivity contribution >= 4 is 17.5 Å². The van der Waals surface area contributed by atoms with Crippen molar-refractivity contribution in [3.05, 3.63) is 24.0 Å². The molecule has 1 aromatic carbocycles. The van der Waals surface area contributed by atoms with Gasteiger partial charge in [0.1, 0.15) is 11.9 Å². The van der Waals surface area contributed by atoms with Gasteiger partial charge in [-0.15, -0.1) is 0 Å². The quantitative estimate of drug-likeness (QED) is 0.638. The second kappa shape index (κ2) is 6.59. The highest BCUT2D eigenvalue weighted by atomic mass is 19.1. The van der Waals surface area contributed by atoms with E-state index in [0.29, 0.717) is 17.9 Å². The van der Waals surface area contributed by atoms with Crippen molar-refractivity contribution in [3.8, 4) is 0 Å². The Morgan fingerprint density at radius 2 is 2.15 bits per heavy atom. The lowest BCUT2D eigenvalue weighted by atomic mass is 10.1. The molecule has 1 amide bonds. The predicted octanol–water partition coefficient (Wildman–Crippen LogP) is 3.70. The molecule has 5 heteroatoms. The van der Waals surface area contributed by atoms with Crippen LogP contribution in [0.25, 0.3) is 0 Å². The van der Waals surface area contributed by atoms with Crippen molar-refractivity contribution in [2.75, 3.05) is 17.2 Å². The van der Waals surface area contributed by atoms with Crippen LogP contribution >= 0.6 is 0 Å². The number of benzene rings is 1. The second-order valence-corrected chi connectivity index (χ2v) is 5.21. The first-order valence-corrected chi connectivity index (χ1v) is 7.14. The molecule has 0 aliphatic carbocycles. The maximum atomic E-state index is 13.3. The average molecular weight is 280 g/mol. The van der Waals surface area contributed by atoms with Crippen molar-refractivity contribution in [2.24, 2.45) is 0 Å². The molecule has 1 heterocycles. The van der Waals surface area contributed by atoms with Crippen LogP contribution in [-0.2, 0) is 4.74 Å². The zero-order valence-corrected chi connectivity index (χ0v) is 11.8. The number of nitrogen functional groups attached to an aromatic ring is 1. The summed E-state index contributed by atoms with van der Waals surface area (Å²) in [6, 6.07) is 4.12. The fraction of sp³-hybridized carbons (Fsp3) is 0.533. The molecule has 110 valence electrons. The van der Waals surface area contributed by atoms with E-state index in [2.05, 4.69) is 6.92 Å². The monoisotopic (exact) mass is 280 g/mol. The van der Waals surface area contributed by atoms with E-state index in [4.69, 9.17) is 10.5 Å². The normalized spacial score (nSPS) is 18.4. The van der Waals surface area contributed by atoms with Gasteiger partial charge in [-0.05, 0) is 31.0 Å². The van der Waals surface area contributed by atoms with E-state index >= 15 is 0 Å². The van der Waals surface area contributed by atoms with Crippen LogP contribution in [0.2, 0.25) is 0 Å². The van der Waals surface area contributed by atoms with Crippen LogP contribution in [0.15, 0.2) is 18.2 Å². The number of unbranched alkanes of at least 4 members (excludes halogenated alkanes) is 3. The van der Waals surface area contributed by atoms with Crippen molar-refractivity contribution < 1.29 is 13.9 Å². The lowest BCUT2D eigenvalue weighted by Gasteiger charge is -2.13. The number of nitrogens with two attached hydrogens (primary N) is 1. The zero-order valence-electron chi connectivity index (χ0n) is 11.8. The highest BCUT2D eigenvalue weighted by molar-refractivity contribution is 5.90. The number of cyclic esters (lactones) is 1. The molecule has 20 heavy (non-hydrogen) atoms. The molecule has 2 rings (SSSR count). The van der Waals surface area contributed by atoms with Crippen LogP contribution in [-0.4, -0.2) is 18.7 Å². The molecule has 0 aromatic heterocycles. The molecule has 0 radical (unpaired) electrons. The molecule has 1 aliphatic rings. The highest BCUT2D eigenvalue weighted by Gasteiger charge is 2.32. The number of rotatable bonds is 6. The smallest absolute Gasteiger partial charge is 0.414 e. The summed E-state index contributed by atoms with van der Waals surface area (Å²) >= 11 is 0. The van der Waals surface area contributed by atoms with E-state index in [0.717, 1.165) is 19.3 Å². The van der Waals surface area contributed by atoms with Crippen molar-refractivity contribution in [1.82, 2.24) is 0 Å². The first-order valence-electron chi connectivity index (χ1n) is 7.14. The molecule has 2 N–H and O–H groups in total. The number of carbonyl (C=O) groups excluding carboxylic acids is 1. The first-order chi connectivity index (χ1) is 9.60. The molecule has 1 fully saturated rings. The fourth-order valence-electron chi connectivity index (χ4n) is 2.43. The molecule has 0 bridgehead atoms. The zero-order chi connectivity index (χ0) is 14.5. The minimum absolute atomic E-state index is 0.108. The third-order valence-corrected chi connectivity index (χ3v) is 3.47. The van der Waals surface area contributed by atoms with Crippen LogP contribution in [0.4, 0.5) is 20.6 Å². The Hall–Kier alpha value is -1.78. The summed E-state index contributed by atoms with van der Waals surface area (Å²) in [7, 11) is 0. The van der Waals surface area contributed by atoms with Crippen LogP contribution in [0.1, 0.15) is 39.0 Å². The predicted molar refractivity (Wildman–Crippen MR) is 77.2 cm³/mol. The molecule has 0 saturated carbocycles. The first kappa shape index (κ1) is 14.6. The number of amides is 1. The van der Waals surface area contributed by atoms with E-state index in [1.54, 1.807) is 6.07 Å². The Labute approximate surface area is 118 Å². The molecule has 1 aliphatic heterocycles. The minimum Gasteiger partial charge on any atom is -0.444 e. The Morgan fingerprint density at radius 3 is 2.85 bits per heavy atom. The van der Waals surface area contributed by atoms with E-state index < -0.39 is 11.9 Å². The summed E-state index contributed by atoms with van der Waals surface area (Å²) in [5.74, 6) is -0.445. The summed E-state index contributed by atoms with van der Waals surface area (Å²) in [6.45, 7) is 2.62. The van der Waals surface area contributed by atoms with Gasteiger partial charge in [0.25, 0.3) is 0 Å². The van der Waals surface area contributed by atoms with Crippen LogP contribution < -0.4 is 10.6 Å². The number of hydrogen-bond donors (Lipinski definition) is 1. The second-order valence-electron chi connectivity index (χ2n) is 5.21. The number of anilines is 2. The summed E-state index contributed by atoms with van der Waals surface area (Å²) in [5, 5.41) is 0. The van der Waals surface area contributed by atoms with Gasteiger partial charge in [-0.1, -0.05) is 26.2 Å². The van der Waals surface area contributed by atoms with Gasteiger partial charge in [0.05, 0.1) is 12.2 Å². The third-order valence-electron chi connectivity index (χ3n) is 3.47. The largest absolute Gasteiger partial charge is 0.444 e. The average Bonchev–Trinajstić information content (AvgIpc) is 2.75. The van der Waals surface area contributed by atoms with Gasteiger partial charge < -0.3 is 10.5 Å². The van der Waals surface area contributed by atoms with Gasteiger partial charge in [0.2, 0.25) is 0 Å². The minimum atomic E-state index is -0.445. The highest BCUT2D eigenvalue weighted by Crippen LogP contribution is 2.26. The molecule has 1 aromatic rings. The fourth-order valence-corrected chi connectivity index (χ4v) is 2.43. The van der Waals surface area contributed by atoms with Crippen LogP contribution in [0, 0.1) is 5.82 Å². The van der Waals surface area contributed by atoms with E-state index in [-0.39, 0.29) is 6.10 Å². The summed E-state index contributed by atoms with van der Waals surface area (Å²) in [5.41, 5.74) is 6.37. The summed E-state index contributed by atoms with van der Waals surface area (Å²) < 4.78 is 18.6. The van der Waals surface area contributed by atoms with Gasteiger partial charge in [0, 0.05) is 5.69 Å². The number of hydrogen-bond acceptors (Lipinski definition) is 3. The summed E-state index contributed by atoms with van der Waals surface area (Å²) in [6.07, 6.45) is 4.90. The van der Waals surface area contributed by atoms with Crippen molar-refractivity contribution in [3.63, 3.8) is 0 Å². The van der Waals surface area contributed by atoms with Gasteiger partial charge in [-0.2, -0.15) is 0 Å². The molecule has 0 spiro atoms.